The van der Waals surface area contributed by atoms with Gasteiger partial charge in [-0.05, 0) is 48.6 Å². The lowest BCUT2D eigenvalue weighted by molar-refractivity contribution is -0.137. The smallest absolute Gasteiger partial charge is 0.416 e. The van der Waals surface area contributed by atoms with Crippen LogP contribution in [0.25, 0.3) is 0 Å². The van der Waals surface area contributed by atoms with E-state index < -0.39 is 24.3 Å². The van der Waals surface area contributed by atoms with Gasteiger partial charge < -0.3 is 19.7 Å². The largest absolute Gasteiger partial charge is 0.482 e. The third-order valence-electron chi connectivity index (χ3n) is 4.43. The molecule has 1 heterocycles. The number of hydrogen-bond donors (Lipinski definition) is 2. The highest BCUT2D eigenvalue weighted by atomic mass is 35.5. The Morgan fingerprint density at radius 2 is 1.88 bits per heavy atom. The number of nitrogens with one attached hydrogen (secondary N) is 2. The Morgan fingerprint density at radius 1 is 1.16 bits per heavy atom. The summed E-state index contributed by atoms with van der Waals surface area (Å²) in [6, 6.07) is 7.84. The highest BCUT2D eigenvalue weighted by Crippen LogP contribution is 2.35. The Labute approximate surface area is 197 Å². The zero-order valence-corrected chi connectivity index (χ0v) is 18.8. The van der Waals surface area contributed by atoms with Crippen molar-refractivity contribution in [1.29, 1.82) is 0 Å². The van der Waals surface area contributed by atoms with Gasteiger partial charge in [0, 0.05) is 18.1 Å². The Bertz CT molecular complexity index is 1000. The van der Waals surface area contributed by atoms with Crippen LogP contribution in [0.5, 0.6) is 5.75 Å². The Kier molecular flexibility index (Phi) is 8.05. The minimum Gasteiger partial charge on any atom is -0.482 e. The van der Waals surface area contributed by atoms with E-state index in [1.54, 1.807) is 6.07 Å². The summed E-state index contributed by atoms with van der Waals surface area (Å²) in [4.78, 5) is 14.0. The number of alkyl halides is 3. The molecule has 6 nitrogen and oxygen atoms in total. The summed E-state index contributed by atoms with van der Waals surface area (Å²) < 4.78 is 50.2. The molecule has 2 aromatic rings. The van der Waals surface area contributed by atoms with Gasteiger partial charge in [-0.15, -0.1) is 0 Å². The van der Waals surface area contributed by atoms with Gasteiger partial charge in [-0.25, -0.2) is 0 Å². The zero-order chi connectivity index (χ0) is 23.3. The standard InChI is InChI=1S/C20H18Cl2F3N3O3S/c21-13-2-4-17(14(22)10-13)31-11-18(29)27-19(32)26-15-9-12(20(23,24)25)1-3-16(15)28-5-7-30-8-6-28/h1-4,9-10H,5-8,11H2,(H2,26,27,29,32). The first-order chi connectivity index (χ1) is 15.1. The summed E-state index contributed by atoms with van der Waals surface area (Å²) in [6.45, 7) is 1.50. The number of halogens is 5. The fraction of sp³-hybridized carbons (Fsp3) is 0.300. The maximum atomic E-state index is 13.2. The molecule has 32 heavy (non-hydrogen) atoms. The molecule has 1 saturated heterocycles. The van der Waals surface area contributed by atoms with Crippen molar-refractivity contribution in [2.75, 3.05) is 43.1 Å². The summed E-state index contributed by atoms with van der Waals surface area (Å²) in [7, 11) is 0. The van der Waals surface area contributed by atoms with Gasteiger partial charge in [0.1, 0.15) is 5.75 Å². The maximum Gasteiger partial charge on any atom is 0.416 e. The normalized spacial score (nSPS) is 14.1. The van der Waals surface area contributed by atoms with E-state index in [2.05, 4.69) is 10.6 Å². The van der Waals surface area contributed by atoms with Gasteiger partial charge in [-0.3, -0.25) is 10.1 Å². The lowest BCUT2D eigenvalue weighted by Gasteiger charge is -2.31. The molecule has 0 unspecified atom stereocenters. The Hall–Kier alpha value is -2.27. The molecule has 1 fully saturated rings. The van der Waals surface area contributed by atoms with Crippen LogP contribution in [0.4, 0.5) is 24.5 Å². The number of carbonyl (C=O) groups is 1. The Morgan fingerprint density at radius 3 is 2.53 bits per heavy atom. The second-order valence-electron chi connectivity index (χ2n) is 6.69. The van der Waals surface area contributed by atoms with Crippen LogP contribution in [0.1, 0.15) is 5.56 Å². The number of thiocarbonyl (C=S) groups is 1. The monoisotopic (exact) mass is 507 g/mol. The molecule has 0 spiro atoms. The molecule has 1 aliphatic heterocycles. The molecule has 2 N–H and O–H groups in total. The van der Waals surface area contributed by atoms with Crippen LogP contribution >= 0.6 is 35.4 Å². The van der Waals surface area contributed by atoms with Gasteiger partial charge >= 0.3 is 6.18 Å². The number of carbonyl (C=O) groups excluding carboxylic acids is 1. The van der Waals surface area contributed by atoms with Crippen LogP contribution in [0, 0.1) is 0 Å². The second kappa shape index (κ2) is 10.6. The van der Waals surface area contributed by atoms with Crippen molar-refractivity contribution >= 4 is 57.8 Å². The van der Waals surface area contributed by atoms with Crippen LogP contribution < -0.4 is 20.3 Å². The van der Waals surface area contributed by atoms with E-state index in [9.17, 15) is 18.0 Å². The van der Waals surface area contributed by atoms with Gasteiger partial charge in [-0.1, -0.05) is 23.2 Å². The first kappa shape index (κ1) is 24.4. The number of ether oxygens (including phenoxy) is 2. The van der Waals surface area contributed by atoms with E-state index in [1.807, 2.05) is 4.90 Å². The predicted octanol–water partition coefficient (Wildman–Crippen LogP) is 4.74. The molecular weight excluding hydrogens is 490 g/mol. The molecule has 3 rings (SSSR count). The lowest BCUT2D eigenvalue weighted by atomic mass is 10.1. The molecule has 0 atom stereocenters. The molecule has 0 saturated carbocycles. The fourth-order valence-corrected chi connectivity index (χ4v) is 3.63. The predicted molar refractivity (Wildman–Crippen MR) is 121 cm³/mol. The SMILES string of the molecule is O=C(COc1ccc(Cl)cc1Cl)NC(=S)Nc1cc(C(F)(F)F)ccc1N1CCOCC1. The van der Waals surface area contributed by atoms with Crippen LogP contribution in [0.2, 0.25) is 10.0 Å². The second-order valence-corrected chi connectivity index (χ2v) is 7.95. The number of anilines is 2. The van der Waals surface area contributed by atoms with Crippen LogP contribution in [-0.4, -0.2) is 43.9 Å². The van der Waals surface area contributed by atoms with Gasteiger partial charge in [0.2, 0.25) is 0 Å². The number of amides is 1. The van der Waals surface area contributed by atoms with E-state index in [1.165, 1.54) is 18.2 Å². The maximum absolute atomic E-state index is 13.2. The van der Waals surface area contributed by atoms with Crippen molar-refractivity contribution in [2.24, 2.45) is 0 Å². The van der Waals surface area contributed by atoms with Gasteiger partial charge in [0.15, 0.2) is 11.7 Å². The molecule has 172 valence electrons. The summed E-state index contributed by atoms with van der Waals surface area (Å²) in [5, 5.41) is 5.53. The van der Waals surface area contributed by atoms with E-state index >= 15 is 0 Å². The number of rotatable bonds is 5. The van der Waals surface area contributed by atoms with Crippen molar-refractivity contribution in [2.45, 2.75) is 6.18 Å². The number of nitrogens with zero attached hydrogens (tertiary/aromatic N) is 1. The molecule has 0 aliphatic carbocycles. The van der Waals surface area contributed by atoms with Crippen molar-refractivity contribution in [1.82, 2.24) is 5.32 Å². The molecule has 0 bridgehead atoms. The fourth-order valence-electron chi connectivity index (χ4n) is 2.94. The molecule has 1 amide bonds. The minimum atomic E-state index is -4.53. The molecule has 1 aliphatic rings. The van der Waals surface area contributed by atoms with Crippen molar-refractivity contribution in [3.05, 3.63) is 52.0 Å². The third-order valence-corrected chi connectivity index (χ3v) is 5.16. The summed E-state index contributed by atoms with van der Waals surface area (Å²) >= 11 is 16.9. The summed E-state index contributed by atoms with van der Waals surface area (Å²) in [5.41, 5.74) is -0.206. The summed E-state index contributed by atoms with van der Waals surface area (Å²) in [6.07, 6.45) is -4.53. The number of morpholine rings is 1. The van der Waals surface area contributed by atoms with E-state index in [4.69, 9.17) is 44.9 Å². The first-order valence-corrected chi connectivity index (χ1v) is 10.5. The van der Waals surface area contributed by atoms with Crippen molar-refractivity contribution in [3.63, 3.8) is 0 Å². The van der Waals surface area contributed by atoms with Crippen LogP contribution in [0.15, 0.2) is 36.4 Å². The molecule has 12 heteroatoms. The zero-order valence-electron chi connectivity index (χ0n) is 16.5. The molecular formula is C20H18Cl2F3N3O3S. The van der Waals surface area contributed by atoms with Gasteiger partial charge in [0.25, 0.3) is 5.91 Å². The number of benzene rings is 2. The molecule has 0 aromatic heterocycles. The van der Waals surface area contributed by atoms with Gasteiger partial charge in [-0.2, -0.15) is 13.2 Å². The van der Waals surface area contributed by atoms with Crippen LogP contribution in [0.3, 0.4) is 0 Å². The Balaban J connectivity index is 1.67. The minimum absolute atomic E-state index is 0.119. The van der Waals surface area contributed by atoms with E-state index in [-0.39, 0.29) is 21.6 Å². The summed E-state index contributed by atoms with van der Waals surface area (Å²) in [5.74, 6) is -0.369. The topological polar surface area (TPSA) is 62.8 Å². The quantitative estimate of drug-likeness (QED) is 0.570. The molecule has 0 radical (unpaired) electrons. The van der Waals surface area contributed by atoms with Crippen LogP contribution in [-0.2, 0) is 15.7 Å². The molecule has 2 aromatic carbocycles. The number of hydrogen-bond acceptors (Lipinski definition) is 5. The average molecular weight is 508 g/mol. The highest BCUT2D eigenvalue weighted by Gasteiger charge is 2.31. The average Bonchev–Trinajstić information content (AvgIpc) is 2.73. The third kappa shape index (κ3) is 6.61. The van der Waals surface area contributed by atoms with Crippen molar-refractivity contribution in [3.8, 4) is 5.75 Å². The van der Waals surface area contributed by atoms with Gasteiger partial charge in [0.05, 0.1) is 35.2 Å². The first-order valence-electron chi connectivity index (χ1n) is 9.36. The van der Waals surface area contributed by atoms with E-state index in [0.29, 0.717) is 37.0 Å². The highest BCUT2D eigenvalue weighted by molar-refractivity contribution is 7.80. The van der Waals surface area contributed by atoms with Crippen molar-refractivity contribution < 1.29 is 27.4 Å². The van der Waals surface area contributed by atoms with E-state index in [0.717, 1.165) is 12.1 Å². The lowest BCUT2D eigenvalue weighted by Crippen LogP contribution is -2.39.